The number of benzene rings is 1. The summed E-state index contributed by atoms with van der Waals surface area (Å²) in [5.41, 5.74) is 1.28. The van der Waals surface area contributed by atoms with Crippen LogP contribution in [0.25, 0.3) is 0 Å². The molecular weight excluding hydrogens is 246 g/mol. The van der Waals surface area contributed by atoms with E-state index >= 15 is 0 Å². The molecule has 1 aliphatic carbocycles. The van der Waals surface area contributed by atoms with Crippen LogP contribution in [-0.2, 0) is 0 Å². The third kappa shape index (κ3) is 3.17. The molecule has 1 aromatic carbocycles. The Hall–Kier alpha value is -1.02. The van der Waals surface area contributed by atoms with Crippen LogP contribution in [0.2, 0.25) is 0 Å². The monoisotopic (exact) mass is 273 g/mol. The molecular formula is C18H27NO. The molecule has 0 spiro atoms. The third-order valence-corrected chi connectivity index (χ3v) is 5.16. The second kappa shape index (κ2) is 6.17. The van der Waals surface area contributed by atoms with Gasteiger partial charge >= 0.3 is 0 Å². The zero-order valence-corrected chi connectivity index (χ0v) is 12.8. The predicted molar refractivity (Wildman–Crippen MR) is 83.1 cm³/mol. The van der Waals surface area contributed by atoms with Gasteiger partial charge in [0, 0.05) is 13.1 Å². The molecule has 1 aromatic rings. The molecule has 1 saturated heterocycles. The van der Waals surface area contributed by atoms with E-state index in [1.54, 1.807) is 0 Å². The zero-order valence-electron chi connectivity index (χ0n) is 12.8. The van der Waals surface area contributed by atoms with Crippen LogP contribution in [-0.4, -0.2) is 31.6 Å². The summed E-state index contributed by atoms with van der Waals surface area (Å²) in [6, 6.07) is 8.40. The van der Waals surface area contributed by atoms with Gasteiger partial charge in [0.15, 0.2) is 0 Å². The van der Waals surface area contributed by atoms with Crippen LogP contribution >= 0.6 is 0 Å². The smallest absolute Gasteiger partial charge is 0.119 e. The summed E-state index contributed by atoms with van der Waals surface area (Å²) < 4.78 is 5.97. The lowest BCUT2D eigenvalue weighted by molar-refractivity contribution is 0.0247. The van der Waals surface area contributed by atoms with Gasteiger partial charge < -0.3 is 9.64 Å². The van der Waals surface area contributed by atoms with Crippen LogP contribution in [0.4, 0.5) is 0 Å². The minimum atomic E-state index is 0.880. The standard InChI is InChI=1S/C18H27NO/c1-14-5-3-8-17(11-14)20-10-9-18-15-6-4-7-16(18)13-19(2)12-15/h3,5,8,11,15-16,18H,4,6-7,9-10,12-13H2,1-2H3. The first-order valence-electron chi connectivity index (χ1n) is 8.10. The van der Waals surface area contributed by atoms with Crippen molar-refractivity contribution >= 4 is 0 Å². The van der Waals surface area contributed by atoms with E-state index in [-0.39, 0.29) is 0 Å². The van der Waals surface area contributed by atoms with Gasteiger partial charge in [0.2, 0.25) is 0 Å². The topological polar surface area (TPSA) is 12.5 Å². The summed E-state index contributed by atoms with van der Waals surface area (Å²) in [7, 11) is 2.28. The van der Waals surface area contributed by atoms with E-state index < -0.39 is 0 Å². The number of rotatable bonds is 4. The molecule has 2 atom stereocenters. The van der Waals surface area contributed by atoms with E-state index in [0.717, 1.165) is 30.1 Å². The Morgan fingerprint density at radius 3 is 2.65 bits per heavy atom. The average Bonchev–Trinajstić information content (AvgIpc) is 2.39. The van der Waals surface area contributed by atoms with Crippen LogP contribution in [0, 0.1) is 24.7 Å². The molecule has 110 valence electrons. The minimum Gasteiger partial charge on any atom is -0.494 e. The van der Waals surface area contributed by atoms with E-state index in [2.05, 4.69) is 43.1 Å². The van der Waals surface area contributed by atoms with Crippen molar-refractivity contribution < 1.29 is 4.74 Å². The fourth-order valence-corrected chi connectivity index (χ4v) is 4.27. The Balaban J connectivity index is 1.53. The maximum atomic E-state index is 5.97. The molecule has 20 heavy (non-hydrogen) atoms. The quantitative estimate of drug-likeness (QED) is 0.828. The third-order valence-electron chi connectivity index (χ3n) is 5.16. The van der Waals surface area contributed by atoms with Crippen molar-refractivity contribution in [2.45, 2.75) is 32.6 Å². The fraction of sp³-hybridized carbons (Fsp3) is 0.667. The molecule has 2 nitrogen and oxygen atoms in total. The number of hydrogen-bond acceptors (Lipinski definition) is 2. The lowest BCUT2D eigenvalue weighted by Gasteiger charge is -2.46. The zero-order chi connectivity index (χ0) is 13.9. The second-order valence-electron chi connectivity index (χ2n) is 6.79. The average molecular weight is 273 g/mol. The molecule has 3 rings (SSSR count). The lowest BCUT2D eigenvalue weighted by Crippen LogP contribution is -2.47. The number of piperidine rings is 1. The van der Waals surface area contributed by atoms with E-state index in [9.17, 15) is 0 Å². The number of nitrogens with zero attached hydrogens (tertiary/aromatic N) is 1. The van der Waals surface area contributed by atoms with Gasteiger partial charge in [-0.1, -0.05) is 18.6 Å². The largest absolute Gasteiger partial charge is 0.494 e. The first-order valence-corrected chi connectivity index (χ1v) is 8.10. The molecule has 1 heterocycles. The molecule has 2 fully saturated rings. The van der Waals surface area contributed by atoms with Gasteiger partial charge in [-0.3, -0.25) is 0 Å². The molecule has 1 aliphatic heterocycles. The molecule has 2 heteroatoms. The number of hydrogen-bond donors (Lipinski definition) is 0. The van der Waals surface area contributed by atoms with Crippen molar-refractivity contribution in [1.29, 1.82) is 0 Å². The summed E-state index contributed by atoms with van der Waals surface area (Å²) in [6.07, 6.45) is 5.53. The van der Waals surface area contributed by atoms with E-state index in [1.165, 1.54) is 44.3 Å². The van der Waals surface area contributed by atoms with Gasteiger partial charge in [0.25, 0.3) is 0 Å². The highest BCUT2D eigenvalue weighted by Crippen LogP contribution is 2.41. The molecule has 2 bridgehead atoms. The van der Waals surface area contributed by atoms with Gasteiger partial charge in [-0.25, -0.2) is 0 Å². The summed E-state index contributed by atoms with van der Waals surface area (Å²) in [5.74, 6) is 3.75. The maximum absolute atomic E-state index is 5.97. The van der Waals surface area contributed by atoms with Crippen molar-refractivity contribution in [2.24, 2.45) is 17.8 Å². The Labute approximate surface area is 123 Å². The van der Waals surface area contributed by atoms with Crippen LogP contribution in [0.15, 0.2) is 24.3 Å². The maximum Gasteiger partial charge on any atom is 0.119 e. The van der Waals surface area contributed by atoms with Crippen molar-refractivity contribution in [3.8, 4) is 5.75 Å². The first kappa shape index (κ1) is 13.9. The normalized spacial score (nSPS) is 30.2. The van der Waals surface area contributed by atoms with Crippen LogP contribution in [0.1, 0.15) is 31.2 Å². The highest BCUT2D eigenvalue weighted by Gasteiger charge is 2.37. The highest BCUT2D eigenvalue weighted by atomic mass is 16.5. The first-order chi connectivity index (χ1) is 9.72. The number of aryl methyl sites for hydroxylation is 1. The lowest BCUT2D eigenvalue weighted by atomic mass is 9.68. The molecule has 0 aromatic heterocycles. The summed E-state index contributed by atoms with van der Waals surface area (Å²) >= 11 is 0. The van der Waals surface area contributed by atoms with Gasteiger partial charge in [-0.15, -0.1) is 0 Å². The van der Waals surface area contributed by atoms with Gasteiger partial charge in [0.05, 0.1) is 6.61 Å². The summed E-state index contributed by atoms with van der Waals surface area (Å²) in [6.45, 7) is 5.59. The van der Waals surface area contributed by atoms with Gasteiger partial charge in [0.1, 0.15) is 5.75 Å². The minimum absolute atomic E-state index is 0.880. The number of likely N-dealkylation sites (tertiary alicyclic amines) is 1. The highest BCUT2D eigenvalue weighted by molar-refractivity contribution is 5.27. The number of ether oxygens (including phenoxy) is 1. The molecule has 0 amide bonds. The number of fused-ring (bicyclic) bond motifs is 2. The van der Waals surface area contributed by atoms with Crippen molar-refractivity contribution in [2.75, 3.05) is 26.7 Å². The molecule has 0 N–H and O–H groups in total. The summed E-state index contributed by atoms with van der Waals surface area (Å²) in [5, 5.41) is 0. The fourth-order valence-electron chi connectivity index (χ4n) is 4.27. The van der Waals surface area contributed by atoms with Crippen LogP contribution in [0.5, 0.6) is 5.75 Å². The van der Waals surface area contributed by atoms with Crippen molar-refractivity contribution in [3.63, 3.8) is 0 Å². The van der Waals surface area contributed by atoms with Crippen LogP contribution in [0.3, 0.4) is 0 Å². The molecule has 0 radical (unpaired) electrons. The molecule has 1 saturated carbocycles. The van der Waals surface area contributed by atoms with E-state index in [4.69, 9.17) is 4.74 Å². The Kier molecular flexibility index (Phi) is 4.30. The van der Waals surface area contributed by atoms with E-state index in [0.29, 0.717) is 0 Å². The Bertz CT molecular complexity index is 431. The van der Waals surface area contributed by atoms with Crippen LogP contribution < -0.4 is 4.74 Å². The SMILES string of the molecule is Cc1cccc(OCCC2C3CCCC2CN(C)C3)c1. The van der Waals surface area contributed by atoms with Gasteiger partial charge in [-0.2, -0.15) is 0 Å². The Morgan fingerprint density at radius 2 is 1.95 bits per heavy atom. The van der Waals surface area contributed by atoms with Crippen molar-refractivity contribution in [3.05, 3.63) is 29.8 Å². The Morgan fingerprint density at radius 1 is 1.20 bits per heavy atom. The summed E-state index contributed by atoms with van der Waals surface area (Å²) in [4.78, 5) is 2.53. The predicted octanol–water partition coefficient (Wildman–Crippen LogP) is 3.74. The van der Waals surface area contributed by atoms with Crippen molar-refractivity contribution in [1.82, 2.24) is 4.90 Å². The molecule has 2 unspecified atom stereocenters. The molecule has 2 aliphatic rings. The second-order valence-corrected chi connectivity index (χ2v) is 6.79. The van der Waals surface area contributed by atoms with E-state index in [1.807, 2.05) is 0 Å². The van der Waals surface area contributed by atoms with Gasteiger partial charge in [-0.05, 0) is 68.7 Å².